The summed E-state index contributed by atoms with van der Waals surface area (Å²) in [6.45, 7) is 35.8. The zero-order chi connectivity index (χ0) is 63.9. The lowest BCUT2D eigenvalue weighted by Gasteiger charge is -2.30. The second-order valence-electron chi connectivity index (χ2n) is 20.9. The number of nitrogens with zero attached hydrogens (tertiary/aromatic N) is 6. The molecule has 476 valence electrons. The summed E-state index contributed by atoms with van der Waals surface area (Å²) in [4.78, 5) is 49.1. The Bertz CT molecular complexity index is 3030. The lowest BCUT2D eigenvalue weighted by Crippen LogP contribution is -2.32. The van der Waals surface area contributed by atoms with Crippen molar-refractivity contribution in [2.75, 3.05) is 88.4 Å². The van der Waals surface area contributed by atoms with Crippen molar-refractivity contribution in [3.05, 3.63) is 83.6 Å². The maximum Gasteiger partial charge on any atom is 0.333 e. The summed E-state index contributed by atoms with van der Waals surface area (Å²) in [6, 6.07) is 7.84. The predicted molar refractivity (Wildman–Crippen MR) is 324 cm³/mol. The van der Waals surface area contributed by atoms with Crippen LogP contribution >= 0.6 is 0 Å². The van der Waals surface area contributed by atoms with Crippen LogP contribution in [0.1, 0.15) is 152 Å². The third-order valence-corrected chi connectivity index (χ3v) is 18.5. The number of hydroxylamine groups is 2. The van der Waals surface area contributed by atoms with Gasteiger partial charge in [0, 0.05) is 78.2 Å². The van der Waals surface area contributed by atoms with Crippen LogP contribution in [-0.4, -0.2) is 183 Å². The van der Waals surface area contributed by atoms with Gasteiger partial charge >= 0.3 is 5.97 Å². The lowest BCUT2D eigenvalue weighted by atomic mass is 9.77. The summed E-state index contributed by atoms with van der Waals surface area (Å²) in [6.07, 6.45) is 9.49. The molecule has 0 aliphatic carbocycles. The van der Waals surface area contributed by atoms with E-state index in [1.54, 1.807) is 53.7 Å². The Kier molecular flexibility index (Phi) is 31.0. The molecule has 5 rings (SSSR count). The van der Waals surface area contributed by atoms with Gasteiger partial charge in [0.25, 0.3) is 21.9 Å². The molecule has 1 fully saturated rings. The normalized spacial score (nSPS) is 17.5. The van der Waals surface area contributed by atoms with Crippen LogP contribution < -0.4 is 4.90 Å². The predicted octanol–water partition coefficient (Wildman–Crippen LogP) is 7.46. The summed E-state index contributed by atoms with van der Waals surface area (Å²) in [5.41, 5.74) is 1.18. The molecule has 2 aromatic rings. The summed E-state index contributed by atoms with van der Waals surface area (Å²) < 4.78 is 141. The highest BCUT2D eigenvalue weighted by atomic mass is 32.2. The van der Waals surface area contributed by atoms with E-state index in [9.17, 15) is 66.3 Å². The fourth-order valence-electron chi connectivity index (χ4n) is 10.1. The quantitative estimate of drug-likeness (QED) is 0.0271. The molecule has 3 heterocycles. The fraction of sp³-hybridized carbons (Fsp3) is 0.621. The van der Waals surface area contributed by atoms with Crippen molar-refractivity contribution in [1.29, 1.82) is 0 Å². The van der Waals surface area contributed by atoms with Gasteiger partial charge in [-0.1, -0.05) is 93.4 Å². The van der Waals surface area contributed by atoms with Crippen molar-refractivity contribution in [3.63, 3.8) is 0 Å². The molecule has 0 aromatic heterocycles. The number of hydrogen-bond acceptors (Lipinski definition) is 19. The van der Waals surface area contributed by atoms with E-state index < -0.39 is 90.4 Å². The van der Waals surface area contributed by atoms with Crippen LogP contribution in [0.3, 0.4) is 0 Å². The molecule has 2 amide bonds. The molecule has 1 saturated heterocycles. The molecule has 0 saturated carbocycles. The van der Waals surface area contributed by atoms with Crippen molar-refractivity contribution >= 4 is 75.3 Å². The largest absolute Gasteiger partial charge is 0.748 e. The van der Waals surface area contributed by atoms with E-state index in [2.05, 4.69) is 77.0 Å². The summed E-state index contributed by atoms with van der Waals surface area (Å²) in [5.74, 6) is -3.33. The minimum absolute atomic E-state index is 0.0179. The first-order chi connectivity index (χ1) is 39.2. The molecule has 0 radical (unpaired) electrons. The number of anilines is 1. The Balaban J connectivity index is 0.000000970. The molecular weight excluding hydrogens is 1160 g/mol. The van der Waals surface area contributed by atoms with Crippen LogP contribution in [0.4, 0.5) is 11.4 Å². The molecule has 2 aromatic carbocycles. The highest BCUT2D eigenvalue weighted by Gasteiger charge is 2.45. The van der Waals surface area contributed by atoms with Crippen LogP contribution in [0.5, 0.6) is 0 Å². The van der Waals surface area contributed by atoms with Gasteiger partial charge in [0.15, 0.2) is 5.71 Å². The van der Waals surface area contributed by atoms with Crippen molar-refractivity contribution in [3.8, 4) is 0 Å². The maximum absolute atomic E-state index is 12.4. The number of rotatable bonds is 29. The van der Waals surface area contributed by atoms with Gasteiger partial charge in [0.05, 0.1) is 35.4 Å². The number of carbonyl (C=O) groups excluding carboxylic acids is 3. The molecule has 22 nitrogen and oxygen atoms in total. The van der Waals surface area contributed by atoms with E-state index in [1.165, 1.54) is 89.2 Å². The van der Waals surface area contributed by atoms with Crippen molar-refractivity contribution in [2.24, 2.45) is 0 Å². The van der Waals surface area contributed by atoms with Gasteiger partial charge in [0.1, 0.15) is 16.7 Å². The Morgan fingerprint density at radius 3 is 1.60 bits per heavy atom. The second-order valence-corrected chi connectivity index (χ2v) is 26.8. The molecule has 1 unspecified atom stereocenters. The molecule has 1 atom stereocenters. The van der Waals surface area contributed by atoms with E-state index in [1.807, 2.05) is 6.92 Å². The lowest BCUT2D eigenvalue weighted by molar-refractivity contribution is -0.437. The van der Waals surface area contributed by atoms with Crippen molar-refractivity contribution in [1.82, 2.24) is 19.8 Å². The monoisotopic (exact) mass is 1260 g/mol. The third kappa shape index (κ3) is 23.2. The van der Waals surface area contributed by atoms with Crippen LogP contribution in [0.25, 0.3) is 0 Å². The minimum Gasteiger partial charge on any atom is -0.748 e. The standard InChI is InChI=1S/C40H49N3O16S4.3C6H15N/c1-39(2)30-26-28(62(53,54)55)15-17-32(30)41(22-10-24-60(47,48)49)34(39)12-6-4-7-13-35-40(3,21-9-5-8-14-38(46)59-43-36(44)19-20-37(43)45)31-27-29(63(56,57)58)16-18-33(31)42(35)23-11-25-61(50,51)52;3*1-4-7(5-2)6-3/h4,6-7,12-13,15-18,26-27H,5,8-11,14,19-25H2,1-3H3,(H3-,47,48,49,50,51,52,53,54,55,56,57,58);3*4-6H2,1-3H3/p-2. The average Bonchev–Trinajstić information content (AvgIpc) is 4.17. The minimum atomic E-state index is -4.82. The van der Waals surface area contributed by atoms with Gasteiger partial charge in [-0.25, -0.2) is 30.0 Å². The Hall–Kier alpha value is -4.74. The van der Waals surface area contributed by atoms with Crippen LogP contribution in [-0.2, 0) is 70.5 Å². The maximum atomic E-state index is 12.4. The first kappa shape index (κ1) is 75.4. The molecular formula is C58H92N6O16S4-2. The number of amides is 2. The molecule has 84 heavy (non-hydrogen) atoms. The van der Waals surface area contributed by atoms with Crippen LogP contribution in [0.15, 0.2) is 82.3 Å². The van der Waals surface area contributed by atoms with Gasteiger partial charge in [-0.05, 0) is 141 Å². The van der Waals surface area contributed by atoms with E-state index in [0.717, 1.165) is 6.07 Å². The summed E-state index contributed by atoms with van der Waals surface area (Å²) in [5, 5.41) is 0.464. The topological polar surface area (TPSA) is 306 Å². The number of imide groups is 1. The van der Waals surface area contributed by atoms with Gasteiger partial charge in [-0.2, -0.15) is 13.0 Å². The van der Waals surface area contributed by atoms with E-state index in [4.69, 9.17) is 4.84 Å². The highest BCUT2D eigenvalue weighted by molar-refractivity contribution is 7.86. The van der Waals surface area contributed by atoms with E-state index >= 15 is 0 Å². The number of hydrogen-bond donors (Lipinski definition) is 1. The van der Waals surface area contributed by atoms with Crippen LogP contribution in [0.2, 0.25) is 0 Å². The Morgan fingerprint density at radius 2 is 1.13 bits per heavy atom. The molecule has 3 aliphatic rings. The average molecular weight is 1260 g/mol. The van der Waals surface area contributed by atoms with Gasteiger partial charge < -0.3 is 38.1 Å². The van der Waals surface area contributed by atoms with Crippen molar-refractivity contribution in [2.45, 2.75) is 161 Å². The molecule has 3 aliphatic heterocycles. The summed E-state index contributed by atoms with van der Waals surface area (Å²) >= 11 is 0. The Labute approximate surface area is 501 Å². The van der Waals surface area contributed by atoms with Gasteiger partial charge in [0.2, 0.25) is 5.69 Å². The molecule has 0 spiro atoms. The number of fused-ring (bicyclic) bond motifs is 2. The third-order valence-electron chi connectivity index (χ3n) is 15.2. The molecule has 1 N–H and O–H groups in total. The number of carbonyl (C=O) groups is 3. The highest BCUT2D eigenvalue weighted by Crippen LogP contribution is 2.51. The number of unbranched alkanes of at least 4 members (excludes halogenated alkanes) is 2. The number of benzene rings is 2. The summed E-state index contributed by atoms with van der Waals surface area (Å²) in [7, 11) is -18.6. The number of allylic oxidation sites excluding steroid dienone is 6. The van der Waals surface area contributed by atoms with E-state index in [-0.39, 0.29) is 45.2 Å². The van der Waals surface area contributed by atoms with Crippen molar-refractivity contribution < 1.29 is 75.7 Å². The first-order valence-electron chi connectivity index (χ1n) is 29.0. The van der Waals surface area contributed by atoms with Crippen LogP contribution in [0, 0.1) is 0 Å². The molecule has 26 heteroatoms. The second kappa shape index (κ2) is 34.6. The van der Waals surface area contributed by atoms with E-state index in [0.29, 0.717) is 64.7 Å². The smallest absolute Gasteiger partial charge is 0.333 e. The zero-order valence-corrected chi connectivity index (χ0v) is 54.6. The molecule has 0 bridgehead atoms. The SMILES string of the molecule is CC1(C)C(C=CC=CC=C2N(CCCS(=O)(=O)[O-])c3ccc(S(=O)(=O)O)cc3C2(C)CCCCCC(=O)ON2C(=O)CCC2=O)=[N+](CCCS(=O)(=O)[O-])c2ccc(S(=O)(=O)[O-])cc21.CCN(CC)CC.CCN(CC)CC.CCN(CC)CC. The first-order valence-corrected chi connectivity index (χ1v) is 35.0. The van der Waals surface area contributed by atoms with Gasteiger partial charge in [-0.15, -0.1) is 5.06 Å². The fourth-order valence-corrected chi connectivity index (χ4v) is 12.1. The zero-order valence-electron chi connectivity index (χ0n) is 51.3. The van der Waals surface area contributed by atoms with Gasteiger partial charge in [-0.3, -0.25) is 14.1 Å². The Morgan fingerprint density at radius 1 is 0.643 bits per heavy atom.